The van der Waals surface area contributed by atoms with Crippen molar-refractivity contribution in [3.8, 4) is 28.4 Å². The van der Waals surface area contributed by atoms with E-state index < -0.39 is 34.7 Å². The first-order valence-corrected chi connectivity index (χ1v) is 9.32. The van der Waals surface area contributed by atoms with Crippen molar-refractivity contribution in [2.75, 3.05) is 6.61 Å². The van der Waals surface area contributed by atoms with E-state index in [0.717, 1.165) is 12.1 Å². The smallest absolute Gasteiger partial charge is 0.379 e. The molecular weight excluding hydrogens is 408 g/mol. The monoisotopic (exact) mass is 426 g/mol. The molecule has 160 valence electrons. The van der Waals surface area contributed by atoms with Crippen LogP contribution in [0.5, 0.6) is 17.2 Å². The van der Waals surface area contributed by atoms with Crippen LogP contribution in [0.2, 0.25) is 0 Å². The van der Waals surface area contributed by atoms with Crippen molar-refractivity contribution in [3.05, 3.63) is 52.4 Å². The van der Waals surface area contributed by atoms with Gasteiger partial charge in [-0.1, -0.05) is 19.1 Å². The Morgan fingerprint density at radius 2 is 1.71 bits per heavy atom. The Morgan fingerprint density at radius 1 is 1.03 bits per heavy atom. The minimum absolute atomic E-state index is 0.00298. The van der Waals surface area contributed by atoms with Gasteiger partial charge in [0.15, 0.2) is 0 Å². The van der Waals surface area contributed by atoms with E-state index in [1.54, 1.807) is 6.92 Å². The van der Waals surface area contributed by atoms with Gasteiger partial charge in [0, 0.05) is 18.6 Å². The molecule has 0 spiro atoms. The summed E-state index contributed by atoms with van der Waals surface area (Å²) in [6.07, 6.45) is -0.00298. The highest BCUT2D eigenvalue weighted by Gasteiger charge is 2.25. The van der Waals surface area contributed by atoms with E-state index in [1.165, 1.54) is 31.2 Å². The predicted octanol–water partition coefficient (Wildman–Crippen LogP) is 2.93. The first-order valence-electron chi connectivity index (χ1n) is 9.32. The number of fused-ring (bicyclic) bond motifs is 1. The van der Waals surface area contributed by atoms with Gasteiger partial charge in [0.25, 0.3) is 0 Å². The highest BCUT2D eigenvalue weighted by molar-refractivity contribution is 6.34. The molecule has 31 heavy (non-hydrogen) atoms. The van der Waals surface area contributed by atoms with Crippen molar-refractivity contribution in [3.63, 3.8) is 0 Å². The molecular formula is C22H18O9. The van der Waals surface area contributed by atoms with E-state index in [9.17, 15) is 29.4 Å². The molecule has 1 heterocycles. The van der Waals surface area contributed by atoms with E-state index in [-0.39, 0.29) is 46.6 Å². The highest BCUT2D eigenvalue weighted by Crippen LogP contribution is 2.32. The van der Waals surface area contributed by atoms with Crippen molar-refractivity contribution in [2.45, 2.75) is 20.3 Å². The zero-order valence-electron chi connectivity index (χ0n) is 16.6. The van der Waals surface area contributed by atoms with Crippen LogP contribution in [-0.2, 0) is 14.3 Å². The number of esters is 2. The molecule has 3 rings (SSSR count). The molecule has 9 nitrogen and oxygen atoms in total. The van der Waals surface area contributed by atoms with Crippen LogP contribution in [0.3, 0.4) is 0 Å². The molecule has 0 bridgehead atoms. The van der Waals surface area contributed by atoms with Crippen LogP contribution < -0.4 is 10.2 Å². The number of carbonyl (C=O) groups excluding carboxylic acids is 3. The zero-order chi connectivity index (χ0) is 22.7. The molecule has 0 radical (unpaired) electrons. The number of benzene rings is 2. The van der Waals surface area contributed by atoms with E-state index >= 15 is 0 Å². The van der Waals surface area contributed by atoms with E-state index in [1.807, 2.05) is 0 Å². The molecule has 0 fully saturated rings. The molecule has 2 N–H and O–H groups in total. The Balaban J connectivity index is 2.16. The fourth-order valence-electron chi connectivity index (χ4n) is 2.88. The number of rotatable bonds is 6. The number of phenols is 2. The highest BCUT2D eigenvalue weighted by atomic mass is 16.5. The van der Waals surface area contributed by atoms with Gasteiger partial charge in [-0.3, -0.25) is 9.59 Å². The fourth-order valence-corrected chi connectivity index (χ4v) is 2.88. The van der Waals surface area contributed by atoms with Crippen LogP contribution in [0.25, 0.3) is 22.1 Å². The molecule has 0 aliphatic rings. The predicted molar refractivity (Wildman–Crippen MR) is 108 cm³/mol. The lowest BCUT2D eigenvalue weighted by Gasteiger charge is -2.11. The summed E-state index contributed by atoms with van der Waals surface area (Å²) in [5.74, 6) is -3.86. The lowest BCUT2D eigenvalue weighted by molar-refractivity contribution is -0.146. The number of hydrogen-bond donors (Lipinski definition) is 2. The number of ether oxygens (including phenoxy) is 2. The van der Waals surface area contributed by atoms with Crippen LogP contribution in [0.15, 0.2) is 45.6 Å². The quantitative estimate of drug-likeness (QED) is 0.346. The van der Waals surface area contributed by atoms with Crippen molar-refractivity contribution in [1.82, 2.24) is 0 Å². The third-order valence-electron chi connectivity index (χ3n) is 4.32. The number of aromatic hydroxyl groups is 2. The fraction of sp³-hybridized carbons (Fsp3) is 0.182. The Morgan fingerprint density at radius 3 is 2.32 bits per heavy atom. The molecule has 0 aliphatic carbocycles. The first-order chi connectivity index (χ1) is 14.8. The van der Waals surface area contributed by atoms with Gasteiger partial charge in [-0.15, -0.1) is 0 Å². The second-order valence-corrected chi connectivity index (χ2v) is 6.38. The molecule has 0 atom stereocenters. The number of ketones is 1. The van der Waals surface area contributed by atoms with Gasteiger partial charge in [-0.2, -0.15) is 0 Å². The summed E-state index contributed by atoms with van der Waals surface area (Å²) < 4.78 is 15.4. The second-order valence-electron chi connectivity index (χ2n) is 6.38. The lowest BCUT2D eigenvalue weighted by Crippen LogP contribution is -2.19. The Kier molecular flexibility index (Phi) is 6.05. The largest absolute Gasteiger partial charge is 0.508 e. The summed E-state index contributed by atoms with van der Waals surface area (Å²) in [4.78, 5) is 48.6. The first kappa shape index (κ1) is 21.6. The topological polar surface area (TPSA) is 140 Å². The van der Waals surface area contributed by atoms with E-state index in [2.05, 4.69) is 0 Å². The van der Waals surface area contributed by atoms with Crippen molar-refractivity contribution in [1.29, 1.82) is 0 Å². The number of carbonyl (C=O) groups is 3. The van der Waals surface area contributed by atoms with Gasteiger partial charge >= 0.3 is 11.9 Å². The molecule has 0 unspecified atom stereocenters. The maximum absolute atomic E-state index is 13.1. The van der Waals surface area contributed by atoms with Crippen LogP contribution in [-0.4, -0.2) is 34.5 Å². The average Bonchev–Trinajstić information content (AvgIpc) is 2.73. The summed E-state index contributed by atoms with van der Waals surface area (Å²) in [6.45, 7) is 3.12. The second kappa shape index (κ2) is 8.70. The van der Waals surface area contributed by atoms with Crippen molar-refractivity contribution < 1.29 is 38.5 Å². The third-order valence-corrected chi connectivity index (χ3v) is 4.32. The minimum Gasteiger partial charge on any atom is -0.508 e. The maximum atomic E-state index is 13.1. The van der Waals surface area contributed by atoms with Crippen LogP contribution in [0.4, 0.5) is 0 Å². The minimum atomic E-state index is -1.02. The molecule has 1 aromatic heterocycles. The van der Waals surface area contributed by atoms with Crippen molar-refractivity contribution >= 4 is 28.7 Å². The van der Waals surface area contributed by atoms with Gasteiger partial charge in [0.05, 0.1) is 12.2 Å². The Bertz CT molecular complexity index is 1240. The van der Waals surface area contributed by atoms with Gasteiger partial charge in [-0.25, -0.2) is 9.59 Å². The summed E-state index contributed by atoms with van der Waals surface area (Å²) in [5, 5.41) is 19.6. The van der Waals surface area contributed by atoms with E-state index in [4.69, 9.17) is 13.9 Å². The molecule has 3 aromatic rings. The van der Waals surface area contributed by atoms with Gasteiger partial charge < -0.3 is 24.1 Å². The molecule has 0 aliphatic heterocycles. The normalized spacial score (nSPS) is 10.6. The summed E-state index contributed by atoms with van der Waals surface area (Å²) in [5.41, 5.74) is -0.895. The molecule has 0 amide bonds. The van der Waals surface area contributed by atoms with Crippen LogP contribution >= 0.6 is 0 Å². The number of hydrogen-bond acceptors (Lipinski definition) is 9. The maximum Gasteiger partial charge on any atom is 0.379 e. The van der Waals surface area contributed by atoms with Crippen LogP contribution in [0, 0.1) is 0 Å². The Labute approximate surface area is 175 Å². The molecule has 0 saturated carbocycles. The summed E-state index contributed by atoms with van der Waals surface area (Å²) in [7, 11) is 0. The molecule has 0 saturated heterocycles. The van der Waals surface area contributed by atoms with Crippen LogP contribution in [0.1, 0.15) is 30.8 Å². The number of Topliss-reactive ketones (excluding diaryl/α,β-unsaturated/α-hetero) is 1. The van der Waals surface area contributed by atoms with Crippen molar-refractivity contribution in [2.24, 2.45) is 0 Å². The summed E-state index contributed by atoms with van der Waals surface area (Å²) >= 11 is 0. The molecule has 2 aromatic carbocycles. The van der Waals surface area contributed by atoms with Gasteiger partial charge in [-0.05, 0) is 24.6 Å². The Hall–Kier alpha value is -4.14. The number of phenolic OH excluding ortho intramolecular Hbond substituents is 2. The van der Waals surface area contributed by atoms with Gasteiger partial charge in [0.2, 0.25) is 17.0 Å². The van der Waals surface area contributed by atoms with Gasteiger partial charge in [0.1, 0.15) is 28.2 Å². The van der Waals surface area contributed by atoms with E-state index in [0.29, 0.717) is 0 Å². The zero-order valence-corrected chi connectivity index (χ0v) is 16.6. The standard InChI is InChI=1S/C22H18O9/c1-3-14(24)21(27)30-13-7-5-11(6-8-13)17-19(26)18-15(25)9-12(23)10-16(18)31-20(17)22(28)29-4-2/h5-10,23,25H,3-4H2,1-2H3. The summed E-state index contributed by atoms with van der Waals surface area (Å²) in [6, 6.07) is 7.52. The lowest BCUT2D eigenvalue weighted by atomic mass is 10.0. The third kappa shape index (κ3) is 4.25. The average molecular weight is 426 g/mol. The SMILES string of the molecule is CCOC(=O)c1oc2cc(O)cc(O)c2c(=O)c1-c1ccc(OC(=O)C(=O)CC)cc1. The molecule has 9 heteroatoms.